The summed E-state index contributed by atoms with van der Waals surface area (Å²) < 4.78 is 32.1. The number of amides is 1. The largest absolute Gasteiger partial charge is 0.336 e. The summed E-state index contributed by atoms with van der Waals surface area (Å²) in [7, 11) is 3.36. The summed E-state index contributed by atoms with van der Waals surface area (Å²) in [5.74, 6) is -1.26. The summed E-state index contributed by atoms with van der Waals surface area (Å²) in [4.78, 5) is 20.0. The SMILES string of the molecule is CN[C@@H]1CCCN(C(=O)c2nc(-c3ccc(C#N)c(F)c3)n(-c3cc4c(F)n(C)nc4cc3Cl)c2C)C1. The van der Waals surface area contributed by atoms with Crippen molar-refractivity contribution in [3.63, 3.8) is 0 Å². The maximum atomic E-state index is 14.8. The number of aryl methyl sites for hydroxylation is 1. The Morgan fingerprint density at radius 2 is 2.05 bits per heavy atom. The zero-order valence-corrected chi connectivity index (χ0v) is 21.3. The third kappa shape index (κ3) is 4.24. The number of imidazole rings is 1. The number of benzene rings is 2. The molecule has 190 valence electrons. The molecule has 37 heavy (non-hydrogen) atoms. The summed E-state index contributed by atoms with van der Waals surface area (Å²) in [6, 6.07) is 9.18. The minimum Gasteiger partial charge on any atom is -0.336 e. The molecular weight excluding hydrogens is 500 g/mol. The second-order valence-electron chi connectivity index (χ2n) is 9.13. The van der Waals surface area contributed by atoms with E-state index in [-0.39, 0.29) is 39.4 Å². The maximum Gasteiger partial charge on any atom is 0.274 e. The minimum atomic E-state index is -0.715. The molecule has 1 aliphatic heterocycles. The van der Waals surface area contributed by atoms with Gasteiger partial charge in [0.2, 0.25) is 5.95 Å². The molecule has 0 spiro atoms. The van der Waals surface area contributed by atoms with E-state index in [4.69, 9.17) is 16.9 Å². The van der Waals surface area contributed by atoms with E-state index >= 15 is 0 Å². The van der Waals surface area contributed by atoms with Gasteiger partial charge in [0.1, 0.15) is 23.4 Å². The van der Waals surface area contributed by atoms with Crippen LogP contribution < -0.4 is 5.32 Å². The van der Waals surface area contributed by atoms with Gasteiger partial charge in [-0.3, -0.25) is 9.36 Å². The summed E-state index contributed by atoms with van der Waals surface area (Å²) in [6.07, 6.45) is 1.82. The van der Waals surface area contributed by atoms with Crippen LogP contribution >= 0.6 is 11.6 Å². The Balaban J connectivity index is 1.72. The molecule has 11 heteroatoms. The van der Waals surface area contributed by atoms with E-state index in [9.17, 15) is 13.6 Å². The molecule has 0 saturated carbocycles. The first-order chi connectivity index (χ1) is 17.7. The van der Waals surface area contributed by atoms with E-state index in [0.717, 1.165) is 17.5 Å². The Morgan fingerprint density at radius 3 is 2.76 bits per heavy atom. The van der Waals surface area contributed by atoms with E-state index in [1.165, 1.54) is 19.2 Å². The normalized spacial score (nSPS) is 15.8. The Labute approximate surface area is 217 Å². The monoisotopic (exact) mass is 523 g/mol. The third-order valence-corrected chi connectivity index (χ3v) is 7.15. The Morgan fingerprint density at radius 1 is 1.27 bits per heavy atom. The molecule has 5 rings (SSSR count). The predicted molar refractivity (Wildman–Crippen MR) is 136 cm³/mol. The number of halogens is 3. The first kappa shape index (κ1) is 24.9. The van der Waals surface area contributed by atoms with Crippen molar-refractivity contribution in [3.05, 3.63) is 64.1 Å². The van der Waals surface area contributed by atoms with Crippen molar-refractivity contribution >= 4 is 28.4 Å². The number of hydrogen-bond donors (Lipinski definition) is 1. The lowest BCUT2D eigenvalue weighted by Crippen LogP contribution is -2.47. The smallest absolute Gasteiger partial charge is 0.274 e. The van der Waals surface area contributed by atoms with Gasteiger partial charge in [-0.25, -0.2) is 14.1 Å². The van der Waals surface area contributed by atoms with E-state index in [1.54, 1.807) is 40.7 Å². The van der Waals surface area contributed by atoms with Gasteiger partial charge in [0.25, 0.3) is 5.91 Å². The van der Waals surface area contributed by atoms with Crippen LogP contribution in [0.4, 0.5) is 8.78 Å². The highest BCUT2D eigenvalue weighted by molar-refractivity contribution is 6.33. The average Bonchev–Trinajstić information content (AvgIpc) is 3.38. The number of hydrogen-bond acceptors (Lipinski definition) is 5. The number of nitrogens with zero attached hydrogens (tertiary/aromatic N) is 6. The van der Waals surface area contributed by atoms with Gasteiger partial charge in [0, 0.05) is 31.7 Å². The second kappa shape index (κ2) is 9.57. The molecule has 1 fully saturated rings. The lowest BCUT2D eigenvalue weighted by Gasteiger charge is -2.32. The molecular formula is C26H24ClF2N7O. The van der Waals surface area contributed by atoms with Crippen LogP contribution in [0.2, 0.25) is 5.02 Å². The molecule has 1 aliphatic rings. The molecule has 0 radical (unpaired) electrons. The van der Waals surface area contributed by atoms with Gasteiger partial charge in [-0.15, -0.1) is 0 Å². The van der Waals surface area contributed by atoms with Gasteiger partial charge in [0.15, 0.2) is 0 Å². The van der Waals surface area contributed by atoms with Gasteiger partial charge in [-0.05, 0) is 57.1 Å². The number of likely N-dealkylation sites (N-methyl/N-ethyl adjacent to an activating group) is 1. The Kier molecular flexibility index (Phi) is 6.43. The highest BCUT2D eigenvalue weighted by Gasteiger charge is 2.30. The number of carbonyl (C=O) groups excluding carboxylic acids is 1. The zero-order chi connectivity index (χ0) is 26.4. The van der Waals surface area contributed by atoms with Crippen molar-refractivity contribution in [3.8, 4) is 23.1 Å². The third-order valence-electron chi connectivity index (χ3n) is 6.84. The van der Waals surface area contributed by atoms with E-state index in [0.29, 0.717) is 35.6 Å². The molecule has 0 unspecified atom stereocenters. The van der Waals surface area contributed by atoms with E-state index < -0.39 is 11.8 Å². The number of fused-ring (bicyclic) bond motifs is 1. The average molecular weight is 524 g/mol. The molecule has 1 N–H and O–H groups in total. The molecule has 3 heterocycles. The molecule has 2 aromatic carbocycles. The first-order valence-electron chi connectivity index (χ1n) is 11.8. The molecule has 0 aliphatic carbocycles. The number of nitriles is 1. The quantitative estimate of drug-likeness (QED) is 0.429. The number of carbonyl (C=O) groups is 1. The van der Waals surface area contributed by atoms with Crippen LogP contribution in [0.5, 0.6) is 0 Å². The molecule has 2 aromatic heterocycles. The number of likely N-dealkylation sites (tertiary alicyclic amines) is 1. The van der Waals surface area contributed by atoms with Crippen molar-refractivity contribution in [1.82, 2.24) is 29.5 Å². The van der Waals surface area contributed by atoms with Crippen molar-refractivity contribution in [1.29, 1.82) is 5.26 Å². The fraction of sp³-hybridized carbons (Fsp3) is 0.308. The Bertz CT molecular complexity index is 1590. The van der Waals surface area contributed by atoms with Crippen molar-refractivity contribution < 1.29 is 13.6 Å². The highest BCUT2D eigenvalue weighted by atomic mass is 35.5. The fourth-order valence-corrected chi connectivity index (χ4v) is 5.08. The topological polar surface area (TPSA) is 91.8 Å². The van der Waals surface area contributed by atoms with Crippen molar-refractivity contribution in [2.24, 2.45) is 7.05 Å². The van der Waals surface area contributed by atoms with Crippen LogP contribution in [0.15, 0.2) is 30.3 Å². The second-order valence-corrected chi connectivity index (χ2v) is 9.53. The van der Waals surface area contributed by atoms with Crippen LogP contribution in [0.3, 0.4) is 0 Å². The minimum absolute atomic E-state index is 0.113. The lowest BCUT2D eigenvalue weighted by atomic mass is 10.1. The van der Waals surface area contributed by atoms with Gasteiger partial charge < -0.3 is 10.2 Å². The first-order valence-corrected chi connectivity index (χ1v) is 12.2. The maximum absolute atomic E-state index is 14.8. The van der Waals surface area contributed by atoms with Gasteiger partial charge in [0.05, 0.1) is 32.9 Å². The van der Waals surface area contributed by atoms with Crippen LogP contribution in [0.25, 0.3) is 28.0 Å². The Hall–Kier alpha value is -3.81. The van der Waals surface area contributed by atoms with Crippen LogP contribution in [0.1, 0.15) is 34.6 Å². The zero-order valence-electron chi connectivity index (χ0n) is 20.5. The fourth-order valence-electron chi connectivity index (χ4n) is 4.83. The van der Waals surface area contributed by atoms with Crippen LogP contribution in [-0.4, -0.2) is 56.3 Å². The summed E-state index contributed by atoms with van der Waals surface area (Å²) in [5, 5.41) is 17.0. The molecule has 1 amide bonds. The molecule has 0 bridgehead atoms. The number of aromatic nitrogens is 4. The predicted octanol–water partition coefficient (Wildman–Crippen LogP) is 4.36. The number of rotatable bonds is 4. The van der Waals surface area contributed by atoms with Gasteiger partial charge in [-0.2, -0.15) is 14.8 Å². The van der Waals surface area contributed by atoms with Crippen LogP contribution in [0, 0.1) is 30.0 Å². The summed E-state index contributed by atoms with van der Waals surface area (Å²) in [6.45, 7) is 2.86. The number of nitrogens with one attached hydrogen (secondary N) is 1. The van der Waals surface area contributed by atoms with Gasteiger partial charge in [-0.1, -0.05) is 11.6 Å². The molecule has 1 saturated heterocycles. The summed E-state index contributed by atoms with van der Waals surface area (Å²) >= 11 is 6.64. The molecule has 1 atom stereocenters. The standard InChI is InChI=1S/C26H24ClF2N7O/c1-14-23(26(37)35-8-4-5-17(13-35)31-2)32-25(15-6-7-16(12-30)20(28)9-15)36(14)22-10-18-21(11-19(22)27)33-34(3)24(18)29/h6-7,9-11,17,31H,4-5,8,13H2,1-3H3/t17-/m1/s1. The van der Waals surface area contributed by atoms with E-state index in [1.807, 2.05) is 7.05 Å². The van der Waals surface area contributed by atoms with Gasteiger partial charge >= 0.3 is 0 Å². The number of piperidine rings is 1. The highest BCUT2D eigenvalue weighted by Crippen LogP contribution is 2.34. The molecule has 4 aromatic rings. The van der Waals surface area contributed by atoms with Crippen molar-refractivity contribution in [2.75, 3.05) is 20.1 Å². The van der Waals surface area contributed by atoms with Crippen LogP contribution in [-0.2, 0) is 7.05 Å². The van der Waals surface area contributed by atoms with E-state index in [2.05, 4.69) is 15.4 Å². The lowest BCUT2D eigenvalue weighted by molar-refractivity contribution is 0.0692. The summed E-state index contributed by atoms with van der Waals surface area (Å²) in [5.41, 5.74) is 1.64. The van der Waals surface area contributed by atoms with Crippen molar-refractivity contribution in [2.45, 2.75) is 25.8 Å². The molecule has 8 nitrogen and oxygen atoms in total.